The smallest absolute Gasteiger partial charge is 0.0434 e. The number of rotatable bonds is 9. The topological polar surface area (TPSA) is 12.9 Å². The second-order valence-corrected chi connectivity index (χ2v) is 8.44. The highest BCUT2D eigenvalue weighted by Crippen LogP contribution is 2.37. The number of unbranched alkanes of at least 4 members (excludes halogenated alkanes) is 4. The molecule has 0 unspecified atom stereocenters. The van der Waals surface area contributed by atoms with Gasteiger partial charge in [0.15, 0.2) is 0 Å². The molecule has 1 aliphatic carbocycles. The number of pyridine rings is 1. The number of aryl methyl sites for hydroxylation is 1. The summed E-state index contributed by atoms with van der Waals surface area (Å²) in [6.45, 7) is 4.50. The molecule has 1 nitrogen and oxygen atoms in total. The molecule has 1 heterocycles. The molecule has 3 rings (SSSR count). The Morgan fingerprint density at radius 3 is 2.11 bits per heavy atom. The van der Waals surface area contributed by atoms with Gasteiger partial charge in [-0.25, -0.2) is 0 Å². The van der Waals surface area contributed by atoms with Crippen molar-refractivity contribution in [3.8, 4) is 11.1 Å². The first-order valence-corrected chi connectivity index (χ1v) is 11.4. The fourth-order valence-corrected chi connectivity index (χ4v) is 4.53. The molecule has 27 heavy (non-hydrogen) atoms. The van der Waals surface area contributed by atoms with Crippen LogP contribution in [0.3, 0.4) is 0 Å². The van der Waals surface area contributed by atoms with Gasteiger partial charge in [-0.2, -0.15) is 0 Å². The summed E-state index contributed by atoms with van der Waals surface area (Å²) in [5, 5.41) is 0. The summed E-state index contributed by atoms with van der Waals surface area (Å²) in [5.74, 6) is 1.65. The van der Waals surface area contributed by atoms with Crippen molar-refractivity contribution in [2.45, 2.75) is 90.4 Å². The van der Waals surface area contributed by atoms with Crippen molar-refractivity contribution in [1.82, 2.24) is 4.98 Å². The van der Waals surface area contributed by atoms with E-state index in [-0.39, 0.29) is 0 Å². The fraction of sp³-hybridized carbons (Fsp3) is 0.577. The van der Waals surface area contributed by atoms with Crippen molar-refractivity contribution in [2.24, 2.45) is 5.92 Å². The Balaban J connectivity index is 1.47. The van der Waals surface area contributed by atoms with E-state index in [1.54, 1.807) is 0 Å². The largest absolute Gasteiger partial charge is 0.260 e. The molecule has 1 fully saturated rings. The molecule has 1 aromatic carbocycles. The lowest BCUT2D eigenvalue weighted by Crippen LogP contribution is -2.14. The van der Waals surface area contributed by atoms with Gasteiger partial charge in [-0.15, -0.1) is 0 Å². The molecule has 0 bridgehead atoms. The van der Waals surface area contributed by atoms with Crippen LogP contribution in [-0.2, 0) is 6.42 Å². The van der Waals surface area contributed by atoms with Gasteiger partial charge in [0.25, 0.3) is 0 Å². The van der Waals surface area contributed by atoms with Crippen molar-refractivity contribution in [3.63, 3.8) is 0 Å². The zero-order valence-electron chi connectivity index (χ0n) is 17.4. The van der Waals surface area contributed by atoms with Crippen molar-refractivity contribution in [2.75, 3.05) is 0 Å². The lowest BCUT2D eigenvalue weighted by atomic mass is 9.78. The first-order valence-electron chi connectivity index (χ1n) is 11.4. The van der Waals surface area contributed by atoms with Crippen LogP contribution in [0.25, 0.3) is 11.1 Å². The maximum Gasteiger partial charge on any atom is 0.0434 e. The summed E-state index contributed by atoms with van der Waals surface area (Å²) in [5.41, 5.74) is 5.22. The van der Waals surface area contributed by atoms with Gasteiger partial charge in [-0.05, 0) is 55.2 Å². The van der Waals surface area contributed by atoms with Gasteiger partial charge in [0.1, 0.15) is 0 Å². The molecule has 0 spiro atoms. The predicted octanol–water partition coefficient (Wildman–Crippen LogP) is 7.95. The van der Waals surface area contributed by atoms with Gasteiger partial charge >= 0.3 is 0 Å². The second kappa shape index (κ2) is 10.6. The third kappa shape index (κ3) is 5.92. The minimum atomic E-state index is 0.679. The molecule has 0 saturated heterocycles. The first-order chi connectivity index (χ1) is 13.3. The summed E-state index contributed by atoms with van der Waals surface area (Å²) < 4.78 is 0. The van der Waals surface area contributed by atoms with Crippen LogP contribution in [0, 0.1) is 5.92 Å². The van der Waals surface area contributed by atoms with E-state index in [4.69, 9.17) is 4.98 Å². The van der Waals surface area contributed by atoms with Crippen LogP contribution in [0.5, 0.6) is 0 Å². The van der Waals surface area contributed by atoms with Crippen molar-refractivity contribution in [3.05, 3.63) is 53.9 Å². The molecule has 1 heteroatoms. The first kappa shape index (κ1) is 20.1. The molecule has 1 aliphatic rings. The monoisotopic (exact) mass is 363 g/mol. The normalized spacial score (nSPS) is 19.9. The van der Waals surface area contributed by atoms with E-state index in [1.807, 2.05) is 0 Å². The Morgan fingerprint density at radius 2 is 1.48 bits per heavy atom. The van der Waals surface area contributed by atoms with E-state index in [1.165, 1.54) is 86.6 Å². The summed E-state index contributed by atoms with van der Waals surface area (Å²) in [4.78, 5) is 4.84. The van der Waals surface area contributed by atoms with Crippen LogP contribution in [0.4, 0.5) is 0 Å². The van der Waals surface area contributed by atoms with Gasteiger partial charge in [0.2, 0.25) is 0 Å². The number of aromatic nitrogens is 1. The fourth-order valence-electron chi connectivity index (χ4n) is 4.53. The van der Waals surface area contributed by atoms with Crippen LogP contribution in [0.15, 0.2) is 42.6 Å². The number of benzene rings is 1. The molecule has 1 aromatic heterocycles. The zero-order chi connectivity index (χ0) is 18.9. The molecule has 0 atom stereocenters. The molecule has 1 saturated carbocycles. The summed E-state index contributed by atoms with van der Waals surface area (Å²) in [6, 6.07) is 13.4. The molecule has 146 valence electrons. The Kier molecular flexibility index (Phi) is 7.93. The maximum absolute atomic E-state index is 4.84. The van der Waals surface area contributed by atoms with Crippen molar-refractivity contribution >= 4 is 0 Å². The molecule has 0 amide bonds. The average Bonchev–Trinajstić information content (AvgIpc) is 2.74. The Morgan fingerprint density at radius 1 is 0.778 bits per heavy atom. The van der Waals surface area contributed by atoms with Gasteiger partial charge in [0.05, 0.1) is 0 Å². The van der Waals surface area contributed by atoms with E-state index in [0.717, 1.165) is 12.3 Å². The van der Waals surface area contributed by atoms with Gasteiger partial charge in [-0.3, -0.25) is 4.98 Å². The molecule has 0 radical (unpaired) electrons. The number of hydrogen-bond donors (Lipinski definition) is 0. The lowest BCUT2D eigenvalue weighted by Gasteiger charge is -2.28. The molecular weight excluding hydrogens is 326 g/mol. The quantitative estimate of drug-likeness (QED) is 0.412. The average molecular weight is 364 g/mol. The molecule has 0 aliphatic heterocycles. The predicted molar refractivity (Wildman–Crippen MR) is 117 cm³/mol. The minimum absolute atomic E-state index is 0.679. The maximum atomic E-state index is 4.84. The SMILES string of the molecule is CCCCCCC[C@H]1CC[C@H](c2ccc(-c3ccc(CC)cc3)cn2)CC1. The highest BCUT2D eigenvalue weighted by Gasteiger charge is 2.22. The highest BCUT2D eigenvalue weighted by atomic mass is 14.7. The zero-order valence-corrected chi connectivity index (χ0v) is 17.4. The van der Waals surface area contributed by atoms with Crippen molar-refractivity contribution < 1.29 is 0 Å². The van der Waals surface area contributed by atoms with Crippen LogP contribution in [-0.4, -0.2) is 4.98 Å². The molecular formula is C26H37N. The second-order valence-electron chi connectivity index (χ2n) is 8.44. The number of nitrogens with zero attached hydrogens (tertiary/aromatic N) is 1. The molecule has 2 aromatic rings. The van der Waals surface area contributed by atoms with Gasteiger partial charge in [0, 0.05) is 23.4 Å². The van der Waals surface area contributed by atoms with Gasteiger partial charge < -0.3 is 0 Å². The van der Waals surface area contributed by atoms with E-state index >= 15 is 0 Å². The summed E-state index contributed by atoms with van der Waals surface area (Å²) >= 11 is 0. The third-order valence-electron chi connectivity index (χ3n) is 6.46. The van der Waals surface area contributed by atoms with E-state index < -0.39 is 0 Å². The Labute approximate surface area is 166 Å². The van der Waals surface area contributed by atoms with Crippen LogP contribution in [0.1, 0.15) is 95.2 Å². The lowest BCUT2D eigenvalue weighted by molar-refractivity contribution is 0.299. The summed E-state index contributed by atoms with van der Waals surface area (Å²) in [7, 11) is 0. The van der Waals surface area contributed by atoms with Crippen LogP contribution >= 0.6 is 0 Å². The van der Waals surface area contributed by atoms with Crippen LogP contribution < -0.4 is 0 Å². The van der Waals surface area contributed by atoms with Crippen molar-refractivity contribution in [1.29, 1.82) is 0 Å². The Hall–Kier alpha value is -1.63. The minimum Gasteiger partial charge on any atom is -0.260 e. The highest BCUT2D eigenvalue weighted by molar-refractivity contribution is 5.62. The number of hydrogen-bond acceptors (Lipinski definition) is 1. The molecule has 0 N–H and O–H groups in total. The standard InChI is InChI=1S/C26H37N/c1-3-5-6-7-8-9-22-12-16-24(17-13-22)26-19-18-25(20-27-26)23-14-10-21(4-2)11-15-23/h10-11,14-15,18-20,22,24H,3-9,12-13,16-17H2,1-2H3/t22-,24-. The van der Waals surface area contributed by atoms with Gasteiger partial charge in [-0.1, -0.05) is 82.7 Å². The van der Waals surface area contributed by atoms with E-state index in [9.17, 15) is 0 Å². The summed E-state index contributed by atoms with van der Waals surface area (Å²) in [6.07, 6.45) is 17.2. The van der Waals surface area contributed by atoms with E-state index in [0.29, 0.717) is 5.92 Å². The third-order valence-corrected chi connectivity index (χ3v) is 6.46. The Bertz CT molecular complexity index is 648. The van der Waals surface area contributed by atoms with E-state index in [2.05, 4.69) is 56.4 Å². The van der Waals surface area contributed by atoms with Crippen LogP contribution in [0.2, 0.25) is 0 Å².